The van der Waals surface area contributed by atoms with Gasteiger partial charge in [-0.1, -0.05) is 164 Å². The van der Waals surface area contributed by atoms with E-state index in [1.54, 1.807) is 0 Å². The van der Waals surface area contributed by atoms with Crippen LogP contribution in [0.5, 0.6) is 0 Å². The molecule has 0 spiro atoms. The van der Waals surface area contributed by atoms with Crippen LogP contribution in [-0.4, -0.2) is 0 Å². The van der Waals surface area contributed by atoms with E-state index in [4.69, 9.17) is 0 Å². The Balaban J connectivity index is 1.12. The van der Waals surface area contributed by atoms with Crippen molar-refractivity contribution in [3.05, 3.63) is 231 Å². The second-order valence-electron chi connectivity index (χ2n) is 14.9. The van der Waals surface area contributed by atoms with E-state index in [1.165, 1.54) is 64.0 Å². The predicted molar refractivity (Wildman–Crippen MR) is 255 cm³/mol. The topological polar surface area (TPSA) is 6.48 Å². The summed E-state index contributed by atoms with van der Waals surface area (Å²) in [6, 6.07) is 83.6. The van der Waals surface area contributed by atoms with Gasteiger partial charge in [0.05, 0.1) is 5.69 Å². The standard InChI is InChI=1S/C56H38N2S/c1-4-18-41(19-5-1)55-52-33-32-48(57(44-22-6-2-7-23-44)45-24-8-3-9-25-45)38-54(52)59-56(55)51-34-35-53(50-27-15-14-26-49(50)51)58(46-30-28-39-16-10-12-20-42(39)36-46)47-31-29-40-17-11-13-21-43(40)37-47/h1-38H. The van der Waals surface area contributed by atoms with Gasteiger partial charge in [-0.2, -0.15) is 0 Å². The van der Waals surface area contributed by atoms with Gasteiger partial charge < -0.3 is 9.80 Å². The molecule has 11 aromatic rings. The molecule has 1 aromatic heterocycles. The van der Waals surface area contributed by atoms with E-state index in [1.807, 2.05) is 11.3 Å². The molecule has 0 saturated carbocycles. The molecule has 0 fully saturated rings. The highest BCUT2D eigenvalue weighted by Gasteiger charge is 2.23. The average Bonchev–Trinajstić information content (AvgIpc) is 3.69. The number of para-hydroxylation sites is 2. The van der Waals surface area contributed by atoms with Crippen LogP contribution in [0.4, 0.5) is 34.1 Å². The van der Waals surface area contributed by atoms with Crippen LogP contribution < -0.4 is 9.80 Å². The van der Waals surface area contributed by atoms with Gasteiger partial charge in [-0.15, -0.1) is 11.3 Å². The maximum Gasteiger partial charge on any atom is 0.0540 e. The summed E-state index contributed by atoms with van der Waals surface area (Å²) in [6.07, 6.45) is 0. The van der Waals surface area contributed by atoms with Crippen molar-refractivity contribution in [2.75, 3.05) is 9.80 Å². The van der Waals surface area contributed by atoms with Crippen molar-refractivity contribution in [1.82, 2.24) is 0 Å². The molecular formula is C56H38N2S. The molecule has 2 nitrogen and oxygen atoms in total. The first-order valence-corrected chi connectivity index (χ1v) is 20.9. The fourth-order valence-corrected chi connectivity index (χ4v) is 9.94. The van der Waals surface area contributed by atoms with Crippen molar-refractivity contribution in [2.45, 2.75) is 0 Å². The lowest BCUT2D eigenvalue weighted by Gasteiger charge is -2.28. The fourth-order valence-electron chi connectivity index (χ4n) is 8.64. The molecule has 0 aliphatic heterocycles. The average molecular weight is 771 g/mol. The van der Waals surface area contributed by atoms with E-state index in [9.17, 15) is 0 Å². The number of hydrogen-bond acceptors (Lipinski definition) is 3. The number of fused-ring (bicyclic) bond motifs is 4. The zero-order chi connectivity index (χ0) is 39.1. The van der Waals surface area contributed by atoms with Crippen molar-refractivity contribution >= 4 is 87.9 Å². The fraction of sp³-hybridized carbons (Fsp3) is 0. The maximum absolute atomic E-state index is 2.43. The van der Waals surface area contributed by atoms with Crippen LogP contribution in [0.25, 0.3) is 64.0 Å². The molecule has 0 saturated heterocycles. The van der Waals surface area contributed by atoms with Crippen LogP contribution in [0.15, 0.2) is 231 Å². The molecule has 0 aliphatic carbocycles. The number of anilines is 6. The Hall–Kier alpha value is -7.46. The molecule has 0 N–H and O–H groups in total. The van der Waals surface area contributed by atoms with Gasteiger partial charge in [0, 0.05) is 59.9 Å². The Morgan fingerprint density at radius 2 is 0.797 bits per heavy atom. The third-order valence-corrected chi connectivity index (χ3v) is 12.6. The Morgan fingerprint density at radius 3 is 1.41 bits per heavy atom. The van der Waals surface area contributed by atoms with Crippen molar-refractivity contribution in [2.24, 2.45) is 0 Å². The third-order valence-electron chi connectivity index (χ3n) is 11.4. The van der Waals surface area contributed by atoms with E-state index in [-0.39, 0.29) is 0 Å². The predicted octanol–water partition coefficient (Wildman–Crippen LogP) is 16.6. The molecule has 0 radical (unpaired) electrons. The summed E-state index contributed by atoms with van der Waals surface area (Å²) in [6.45, 7) is 0. The van der Waals surface area contributed by atoms with Gasteiger partial charge in [0.15, 0.2) is 0 Å². The second kappa shape index (κ2) is 14.8. The minimum atomic E-state index is 1.12. The smallest absolute Gasteiger partial charge is 0.0540 e. The number of hydrogen-bond donors (Lipinski definition) is 0. The highest BCUT2D eigenvalue weighted by molar-refractivity contribution is 7.23. The zero-order valence-corrected chi connectivity index (χ0v) is 33.1. The van der Waals surface area contributed by atoms with Crippen molar-refractivity contribution in [3.8, 4) is 21.6 Å². The first-order valence-electron chi connectivity index (χ1n) is 20.1. The summed E-state index contributed by atoms with van der Waals surface area (Å²) in [5, 5.41) is 8.56. The van der Waals surface area contributed by atoms with Crippen LogP contribution in [-0.2, 0) is 0 Å². The summed E-state index contributed by atoms with van der Waals surface area (Å²) in [7, 11) is 0. The van der Waals surface area contributed by atoms with Gasteiger partial charge in [-0.3, -0.25) is 0 Å². The van der Waals surface area contributed by atoms with Crippen LogP contribution in [0.1, 0.15) is 0 Å². The lowest BCUT2D eigenvalue weighted by Crippen LogP contribution is -2.10. The monoisotopic (exact) mass is 770 g/mol. The SMILES string of the molecule is c1ccc(-c2c(-c3ccc(N(c4ccc5ccccc5c4)c4ccc5ccccc5c4)c4ccccc34)sc3cc(N(c4ccccc4)c4ccccc4)ccc23)cc1. The molecule has 0 atom stereocenters. The Morgan fingerprint density at radius 1 is 0.305 bits per heavy atom. The molecule has 0 bridgehead atoms. The normalized spacial score (nSPS) is 11.4. The van der Waals surface area contributed by atoms with E-state index in [2.05, 4.69) is 240 Å². The van der Waals surface area contributed by atoms with Gasteiger partial charge in [0.25, 0.3) is 0 Å². The number of benzene rings is 10. The number of rotatable bonds is 8. The van der Waals surface area contributed by atoms with Crippen LogP contribution in [0.3, 0.4) is 0 Å². The van der Waals surface area contributed by atoms with Crippen molar-refractivity contribution < 1.29 is 0 Å². The van der Waals surface area contributed by atoms with Crippen LogP contribution >= 0.6 is 11.3 Å². The first kappa shape index (κ1) is 34.8. The molecule has 1 heterocycles. The van der Waals surface area contributed by atoms with Gasteiger partial charge in [-0.05, 0) is 99.2 Å². The molecule has 0 amide bonds. The second-order valence-corrected chi connectivity index (χ2v) is 16.0. The molecule has 0 aliphatic rings. The van der Waals surface area contributed by atoms with Crippen molar-refractivity contribution in [3.63, 3.8) is 0 Å². The lowest BCUT2D eigenvalue weighted by atomic mass is 9.94. The Labute approximate surface area is 348 Å². The van der Waals surface area contributed by atoms with Crippen LogP contribution in [0.2, 0.25) is 0 Å². The molecule has 11 rings (SSSR count). The quantitative estimate of drug-likeness (QED) is 0.152. The summed E-state index contributed by atoms with van der Waals surface area (Å²) in [5.41, 5.74) is 10.5. The summed E-state index contributed by atoms with van der Waals surface area (Å²) in [4.78, 5) is 6.04. The Bertz CT molecular complexity index is 3160. The summed E-state index contributed by atoms with van der Waals surface area (Å²) >= 11 is 1.88. The first-order chi connectivity index (χ1) is 29.3. The molecule has 278 valence electrons. The molecule has 59 heavy (non-hydrogen) atoms. The number of nitrogens with zero attached hydrogens (tertiary/aromatic N) is 2. The number of thiophene rings is 1. The highest BCUT2D eigenvalue weighted by Crippen LogP contribution is 2.50. The molecule has 0 unspecified atom stereocenters. The van der Waals surface area contributed by atoms with E-state index in [0.717, 1.165) is 34.1 Å². The maximum atomic E-state index is 2.43. The minimum Gasteiger partial charge on any atom is -0.310 e. The zero-order valence-electron chi connectivity index (χ0n) is 32.2. The highest BCUT2D eigenvalue weighted by atomic mass is 32.1. The van der Waals surface area contributed by atoms with E-state index < -0.39 is 0 Å². The molecule has 10 aromatic carbocycles. The molecule has 3 heteroatoms. The summed E-state index contributed by atoms with van der Waals surface area (Å²) < 4.78 is 1.25. The van der Waals surface area contributed by atoms with Gasteiger partial charge in [0.1, 0.15) is 0 Å². The van der Waals surface area contributed by atoms with Crippen LogP contribution in [0, 0.1) is 0 Å². The van der Waals surface area contributed by atoms with Gasteiger partial charge in [-0.25, -0.2) is 0 Å². The Kier molecular flexibility index (Phi) is 8.72. The minimum absolute atomic E-state index is 1.12. The van der Waals surface area contributed by atoms with Gasteiger partial charge in [0.2, 0.25) is 0 Å². The largest absolute Gasteiger partial charge is 0.310 e. The van der Waals surface area contributed by atoms with E-state index >= 15 is 0 Å². The molecular weight excluding hydrogens is 733 g/mol. The lowest BCUT2D eigenvalue weighted by molar-refractivity contribution is 1.29. The van der Waals surface area contributed by atoms with E-state index in [0.29, 0.717) is 0 Å². The van der Waals surface area contributed by atoms with Gasteiger partial charge >= 0.3 is 0 Å². The summed E-state index contributed by atoms with van der Waals surface area (Å²) in [5.74, 6) is 0. The van der Waals surface area contributed by atoms with Crippen molar-refractivity contribution in [1.29, 1.82) is 0 Å². The third kappa shape index (κ3) is 6.29.